The summed E-state index contributed by atoms with van der Waals surface area (Å²) in [5.74, 6) is -1.44. The molecule has 1 atom stereocenters. The van der Waals surface area contributed by atoms with Gasteiger partial charge in [-0.2, -0.15) is 8.78 Å². The number of ether oxygens (including phenoxy) is 1. The molecule has 3 heterocycles. The van der Waals surface area contributed by atoms with Crippen LogP contribution in [-0.2, 0) is 6.54 Å². The Morgan fingerprint density at radius 1 is 1.29 bits per heavy atom. The predicted molar refractivity (Wildman–Crippen MR) is 110 cm³/mol. The fraction of sp³-hybridized carbons (Fsp3) is 0.364. The van der Waals surface area contributed by atoms with Crippen molar-refractivity contribution in [2.75, 3.05) is 6.54 Å². The van der Waals surface area contributed by atoms with E-state index in [9.17, 15) is 23.5 Å². The molecule has 162 valence electrons. The first kappa shape index (κ1) is 19.7. The van der Waals surface area contributed by atoms with E-state index in [1.807, 2.05) is 19.2 Å². The van der Waals surface area contributed by atoms with Crippen LogP contribution in [0.4, 0.5) is 8.78 Å². The number of pyridine rings is 1. The van der Waals surface area contributed by atoms with Crippen LogP contribution >= 0.6 is 0 Å². The third kappa shape index (κ3) is 3.29. The second kappa shape index (κ2) is 7.19. The molecule has 1 unspecified atom stereocenters. The largest absolute Gasteiger partial charge is 0.477 e. The molecule has 2 N–H and O–H groups in total. The molecule has 3 aromatic rings. The van der Waals surface area contributed by atoms with Gasteiger partial charge >= 0.3 is 12.6 Å². The quantitative estimate of drug-likeness (QED) is 0.645. The molecule has 0 amide bonds. The van der Waals surface area contributed by atoms with Crippen LogP contribution in [0.25, 0.3) is 22.0 Å². The van der Waals surface area contributed by atoms with Gasteiger partial charge in [0.1, 0.15) is 5.56 Å². The minimum atomic E-state index is -3.09. The van der Waals surface area contributed by atoms with Crippen LogP contribution in [0, 0.1) is 0 Å². The number of hydrogen-bond donors (Lipinski definition) is 2. The SMILES string of the molecule is CC1NCCn2cc(-c3ccc4c(=O)c(C(=O)O)cn(C5CC5)c4c3OC(F)F)cc21. The minimum absolute atomic E-state index is 0.0528. The number of nitrogens with zero attached hydrogens (tertiary/aromatic N) is 2. The number of hydrogen-bond acceptors (Lipinski definition) is 4. The van der Waals surface area contributed by atoms with Gasteiger partial charge in [-0.05, 0) is 38.0 Å². The highest BCUT2D eigenvalue weighted by molar-refractivity contribution is 5.97. The Morgan fingerprint density at radius 3 is 2.71 bits per heavy atom. The summed E-state index contributed by atoms with van der Waals surface area (Å²) in [6, 6.07) is 5.06. The van der Waals surface area contributed by atoms with E-state index < -0.39 is 18.0 Å². The van der Waals surface area contributed by atoms with Gasteiger partial charge in [0.05, 0.1) is 10.9 Å². The van der Waals surface area contributed by atoms with Gasteiger partial charge < -0.3 is 24.3 Å². The molecule has 9 heteroatoms. The van der Waals surface area contributed by atoms with Gasteiger partial charge in [0.2, 0.25) is 5.43 Å². The second-order valence-electron chi connectivity index (χ2n) is 8.06. The van der Waals surface area contributed by atoms with E-state index in [4.69, 9.17) is 4.74 Å². The number of carboxylic acid groups (broad SMARTS) is 1. The number of aromatic carboxylic acids is 1. The lowest BCUT2D eigenvalue weighted by molar-refractivity contribution is -0.0486. The summed E-state index contributed by atoms with van der Waals surface area (Å²) in [5, 5.41) is 12.9. The Bertz CT molecular complexity index is 1260. The molecule has 5 rings (SSSR count). The zero-order valence-corrected chi connectivity index (χ0v) is 16.8. The third-order valence-electron chi connectivity index (χ3n) is 6.01. The molecule has 1 aromatic carbocycles. The van der Waals surface area contributed by atoms with E-state index in [1.165, 1.54) is 12.3 Å². The first-order valence-electron chi connectivity index (χ1n) is 10.2. The normalized spacial score (nSPS) is 18.4. The first-order valence-corrected chi connectivity index (χ1v) is 10.2. The van der Waals surface area contributed by atoms with Crippen LogP contribution in [0.3, 0.4) is 0 Å². The average Bonchev–Trinajstić information content (AvgIpc) is 3.46. The van der Waals surface area contributed by atoms with Gasteiger partial charge in [-0.1, -0.05) is 0 Å². The average molecular weight is 429 g/mol. The molecule has 31 heavy (non-hydrogen) atoms. The number of benzene rings is 1. The maximum atomic E-state index is 13.5. The summed E-state index contributed by atoms with van der Waals surface area (Å²) >= 11 is 0. The fourth-order valence-electron chi connectivity index (χ4n) is 4.39. The monoisotopic (exact) mass is 429 g/mol. The Balaban J connectivity index is 1.80. The zero-order chi connectivity index (χ0) is 21.9. The lowest BCUT2D eigenvalue weighted by atomic mass is 10.0. The maximum Gasteiger partial charge on any atom is 0.387 e. The van der Waals surface area contributed by atoms with E-state index in [1.54, 1.807) is 10.6 Å². The van der Waals surface area contributed by atoms with Crippen molar-refractivity contribution in [3.8, 4) is 16.9 Å². The van der Waals surface area contributed by atoms with Crippen molar-refractivity contribution in [3.05, 3.63) is 52.1 Å². The van der Waals surface area contributed by atoms with Crippen LogP contribution < -0.4 is 15.5 Å². The van der Waals surface area contributed by atoms with Crippen molar-refractivity contribution in [1.29, 1.82) is 0 Å². The number of nitrogens with one attached hydrogen (secondary N) is 1. The van der Waals surface area contributed by atoms with Gasteiger partial charge in [0.15, 0.2) is 5.75 Å². The van der Waals surface area contributed by atoms with Gasteiger partial charge in [-0.25, -0.2) is 4.79 Å². The third-order valence-corrected chi connectivity index (χ3v) is 6.01. The van der Waals surface area contributed by atoms with Gasteiger partial charge in [-0.15, -0.1) is 0 Å². The van der Waals surface area contributed by atoms with E-state index >= 15 is 0 Å². The molecule has 2 aromatic heterocycles. The lowest BCUT2D eigenvalue weighted by Gasteiger charge is -2.22. The van der Waals surface area contributed by atoms with Crippen LogP contribution in [-0.4, -0.2) is 33.4 Å². The minimum Gasteiger partial charge on any atom is -0.477 e. The summed E-state index contributed by atoms with van der Waals surface area (Å²) in [7, 11) is 0. The molecule has 0 saturated heterocycles. The number of fused-ring (bicyclic) bond motifs is 2. The Morgan fingerprint density at radius 2 is 2.06 bits per heavy atom. The molecule has 1 aliphatic carbocycles. The number of rotatable bonds is 5. The van der Waals surface area contributed by atoms with Crippen molar-refractivity contribution in [3.63, 3.8) is 0 Å². The van der Waals surface area contributed by atoms with Crippen LogP contribution in [0.1, 0.15) is 47.9 Å². The number of carbonyl (C=O) groups is 1. The highest BCUT2D eigenvalue weighted by Crippen LogP contribution is 2.43. The standard InChI is InChI=1S/C22H21F2N3O4/c1-11-17-8-12(9-26(17)7-6-25-11)14-4-5-15-18(20(14)31-22(23)24)27(13-2-3-13)10-16(19(15)28)21(29)30/h4-5,8-11,13,22,25H,2-3,6-7H2,1H3,(H,29,30). The zero-order valence-electron chi connectivity index (χ0n) is 16.8. The van der Waals surface area contributed by atoms with Crippen LogP contribution in [0.2, 0.25) is 0 Å². The molecule has 2 aliphatic rings. The van der Waals surface area contributed by atoms with Crippen LogP contribution in [0.15, 0.2) is 35.4 Å². The topological polar surface area (TPSA) is 85.5 Å². The number of alkyl halides is 2. The second-order valence-corrected chi connectivity index (χ2v) is 8.06. The molecule has 1 fully saturated rings. The molecule has 1 aliphatic heterocycles. The van der Waals surface area contributed by atoms with Crippen molar-refractivity contribution in [1.82, 2.24) is 14.5 Å². The summed E-state index contributed by atoms with van der Waals surface area (Å²) in [5.41, 5.74) is 1.31. The van der Waals surface area contributed by atoms with Crippen LogP contribution in [0.5, 0.6) is 5.75 Å². The fourth-order valence-corrected chi connectivity index (χ4v) is 4.39. The molecule has 0 spiro atoms. The van der Waals surface area contributed by atoms with E-state index in [0.717, 1.165) is 31.6 Å². The molecule has 7 nitrogen and oxygen atoms in total. The Kier molecular flexibility index (Phi) is 4.58. The smallest absolute Gasteiger partial charge is 0.387 e. The van der Waals surface area contributed by atoms with E-state index in [0.29, 0.717) is 11.1 Å². The number of aromatic nitrogens is 2. The Labute approximate surface area is 175 Å². The number of halogens is 2. The van der Waals surface area contributed by atoms with Gasteiger partial charge in [-0.3, -0.25) is 4.79 Å². The molecule has 1 saturated carbocycles. The molecule has 0 radical (unpaired) electrons. The Hall–Kier alpha value is -3.20. The number of carboxylic acids is 1. The molecular formula is C22H21F2N3O4. The lowest BCUT2D eigenvalue weighted by Crippen LogP contribution is -2.30. The first-order chi connectivity index (χ1) is 14.8. The highest BCUT2D eigenvalue weighted by Gasteiger charge is 2.30. The summed E-state index contributed by atoms with van der Waals surface area (Å²) < 4.78 is 35.6. The van der Waals surface area contributed by atoms with E-state index in [2.05, 4.69) is 9.88 Å². The van der Waals surface area contributed by atoms with E-state index in [-0.39, 0.29) is 34.3 Å². The van der Waals surface area contributed by atoms with Gasteiger partial charge in [0, 0.05) is 54.4 Å². The summed E-state index contributed by atoms with van der Waals surface area (Å²) in [4.78, 5) is 24.4. The van der Waals surface area contributed by atoms with Crippen molar-refractivity contribution >= 4 is 16.9 Å². The van der Waals surface area contributed by atoms with Gasteiger partial charge in [0.25, 0.3) is 0 Å². The van der Waals surface area contributed by atoms with Crippen molar-refractivity contribution < 1.29 is 23.4 Å². The summed E-state index contributed by atoms with van der Waals surface area (Å²) in [6.07, 6.45) is 4.71. The molecular weight excluding hydrogens is 408 g/mol. The summed E-state index contributed by atoms with van der Waals surface area (Å²) in [6.45, 7) is 0.500. The molecule has 0 bridgehead atoms. The van der Waals surface area contributed by atoms with Crippen molar-refractivity contribution in [2.45, 2.75) is 45.0 Å². The highest BCUT2D eigenvalue weighted by atomic mass is 19.3. The van der Waals surface area contributed by atoms with Crippen molar-refractivity contribution in [2.24, 2.45) is 0 Å². The maximum absolute atomic E-state index is 13.5. The predicted octanol–water partition coefficient (Wildman–Crippen LogP) is 3.77.